The Morgan fingerprint density at radius 1 is 1.08 bits per heavy atom. The summed E-state index contributed by atoms with van der Waals surface area (Å²) in [6.45, 7) is 11.6. The molecular weight excluding hydrogens is 478 g/mol. The molecule has 0 radical (unpaired) electrons. The second-order valence-electron chi connectivity index (χ2n) is 10.8. The molecule has 0 atom stereocenters. The van der Waals surface area contributed by atoms with Crippen molar-refractivity contribution in [1.29, 1.82) is 0 Å². The minimum Gasteiger partial charge on any atom is -0.444 e. The van der Waals surface area contributed by atoms with E-state index >= 15 is 0 Å². The van der Waals surface area contributed by atoms with Gasteiger partial charge in [0.25, 0.3) is 5.56 Å². The molecule has 1 amide bonds. The Hall–Kier alpha value is -3.47. The number of piperazine rings is 1. The Morgan fingerprint density at radius 2 is 1.86 bits per heavy atom. The number of hydrogen-bond donors (Lipinski definition) is 0. The van der Waals surface area contributed by atoms with Gasteiger partial charge in [-0.3, -0.25) is 14.1 Å². The average Bonchev–Trinajstić information content (AvgIpc) is 3.23. The Morgan fingerprint density at radius 3 is 2.58 bits per heavy atom. The molecule has 36 heavy (non-hydrogen) atoms. The number of rotatable bonds is 2. The molecule has 11 heteroatoms. The predicted octanol–water partition coefficient (Wildman–Crippen LogP) is 3.67. The predicted molar refractivity (Wildman–Crippen MR) is 138 cm³/mol. The second-order valence-corrected chi connectivity index (χ2v) is 11.8. The topological polar surface area (TPSA) is 97.3 Å². The van der Waals surface area contributed by atoms with Crippen molar-refractivity contribution in [3.63, 3.8) is 0 Å². The number of aromatic nitrogens is 5. The highest BCUT2D eigenvalue weighted by molar-refractivity contribution is 7.20. The molecule has 4 aromatic heterocycles. The Labute approximate surface area is 212 Å². The van der Waals surface area contributed by atoms with Gasteiger partial charge in [-0.05, 0) is 59.1 Å². The van der Waals surface area contributed by atoms with Crippen LogP contribution in [0, 0.1) is 13.8 Å². The summed E-state index contributed by atoms with van der Waals surface area (Å²) in [5, 5.41) is 5.61. The Bertz CT molecular complexity index is 1570. The normalized spacial score (nSPS) is 17.4. The molecule has 1 saturated carbocycles. The van der Waals surface area contributed by atoms with E-state index in [0.29, 0.717) is 29.4 Å². The molecule has 4 aromatic rings. The molecule has 1 aliphatic heterocycles. The van der Waals surface area contributed by atoms with Crippen molar-refractivity contribution in [2.24, 2.45) is 0 Å². The molecule has 0 N–H and O–H groups in total. The van der Waals surface area contributed by atoms with Crippen LogP contribution < -0.4 is 10.5 Å². The number of imidazole rings is 1. The van der Waals surface area contributed by atoms with Crippen LogP contribution in [0.2, 0.25) is 0 Å². The number of nitrogens with zero attached hydrogens (tertiary/aromatic N) is 7. The summed E-state index contributed by atoms with van der Waals surface area (Å²) >= 11 is 1.48. The molecule has 5 heterocycles. The molecule has 0 aromatic carbocycles. The van der Waals surface area contributed by atoms with Crippen LogP contribution in [0.5, 0.6) is 0 Å². The van der Waals surface area contributed by atoms with Gasteiger partial charge in [-0.1, -0.05) is 11.3 Å². The molecule has 2 fully saturated rings. The largest absolute Gasteiger partial charge is 0.444 e. The van der Waals surface area contributed by atoms with Crippen molar-refractivity contribution in [3.05, 3.63) is 46.1 Å². The molecule has 0 bridgehead atoms. The van der Waals surface area contributed by atoms with E-state index in [0.717, 1.165) is 41.3 Å². The van der Waals surface area contributed by atoms with Crippen LogP contribution in [-0.4, -0.2) is 65.8 Å². The summed E-state index contributed by atoms with van der Waals surface area (Å²) in [5.41, 5.74) is 2.97. The third-order valence-electron chi connectivity index (χ3n) is 6.75. The molecule has 188 valence electrons. The van der Waals surface area contributed by atoms with E-state index in [4.69, 9.17) is 9.72 Å². The summed E-state index contributed by atoms with van der Waals surface area (Å²) in [7, 11) is 0. The standard InChI is InChI=1S/C25H29N7O3S/c1-15-10-18(28-32-12-16(2)26-21(15)32)17-11-19(33)30-13-20(36-22(30)27-17)29-8-9-31(25(14-29)6-7-25)23(34)35-24(3,4)5/h10-13H,6-9,14H2,1-5H3. The number of ether oxygens (including phenoxy) is 1. The summed E-state index contributed by atoms with van der Waals surface area (Å²) < 4.78 is 8.99. The van der Waals surface area contributed by atoms with E-state index in [1.165, 1.54) is 17.4 Å². The summed E-state index contributed by atoms with van der Waals surface area (Å²) in [6.07, 6.45) is 5.39. The lowest BCUT2D eigenvalue weighted by Gasteiger charge is -2.42. The van der Waals surface area contributed by atoms with Gasteiger partial charge in [-0.15, -0.1) is 0 Å². The fourth-order valence-electron chi connectivity index (χ4n) is 4.88. The Balaban J connectivity index is 1.30. The monoisotopic (exact) mass is 507 g/mol. The number of carbonyl (C=O) groups excluding carboxylic acids is 1. The van der Waals surface area contributed by atoms with Crippen LogP contribution in [-0.2, 0) is 4.74 Å². The van der Waals surface area contributed by atoms with Crippen LogP contribution in [0.3, 0.4) is 0 Å². The zero-order valence-electron chi connectivity index (χ0n) is 21.1. The maximum absolute atomic E-state index is 13.0. The van der Waals surface area contributed by atoms with Crippen LogP contribution >= 0.6 is 11.3 Å². The van der Waals surface area contributed by atoms with E-state index < -0.39 is 5.60 Å². The molecule has 6 rings (SSSR count). The first-order valence-electron chi connectivity index (χ1n) is 12.1. The number of anilines is 1. The maximum atomic E-state index is 13.0. The van der Waals surface area contributed by atoms with E-state index in [1.807, 2.05) is 58.0 Å². The second kappa shape index (κ2) is 7.76. The minimum absolute atomic E-state index is 0.146. The Kier molecular flexibility index (Phi) is 4.95. The lowest BCUT2D eigenvalue weighted by atomic mass is 10.1. The minimum atomic E-state index is -0.519. The van der Waals surface area contributed by atoms with Crippen molar-refractivity contribution < 1.29 is 9.53 Å². The zero-order valence-corrected chi connectivity index (χ0v) is 21.9. The van der Waals surface area contributed by atoms with Gasteiger partial charge in [-0.2, -0.15) is 5.10 Å². The first-order valence-corrected chi connectivity index (χ1v) is 13.0. The lowest BCUT2D eigenvalue weighted by Crippen LogP contribution is -2.57. The van der Waals surface area contributed by atoms with Crippen LogP contribution in [0.25, 0.3) is 22.0 Å². The average molecular weight is 508 g/mol. The molecule has 1 spiro atoms. The van der Waals surface area contributed by atoms with Gasteiger partial charge in [-0.25, -0.2) is 19.3 Å². The number of fused-ring (bicyclic) bond motifs is 2. The van der Waals surface area contributed by atoms with Crippen molar-refractivity contribution in [2.75, 3.05) is 24.5 Å². The summed E-state index contributed by atoms with van der Waals surface area (Å²) in [6, 6.07) is 3.45. The third kappa shape index (κ3) is 3.91. The van der Waals surface area contributed by atoms with Gasteiger partial charge in [0.05, 0.1) is 23.1 Å². The lowest BCUT2D eigenvalue weighted by molar-refractivity contribution is 0.0107. The molecule has 10 nitrogen and oxygen atoms in total. The van der Waals surface area contributed by atoms with E-state index in [1.54, 1.807) is 8.92 Å². The van der Waals surface area contributed by atoms with Crippen molar-refractivity contribution in [3.8, 4) is 11.4 Å². The fourth-order valence-corrected chi connectivity index (χ4v) is 5.89. The van der Waals surface area contributed by atoms with E-state index in [9.17, 15) is 9.59 Å². The number of carbonyl (C=O) groups is 1. The van der Waals surface area contributed by atoms with Gasteiger partial charge >= 0.3 is 6.09 Å². The van der Waals surface area contributed by atoms with Crippen molar-refractivity contribution in [2.45, 2.75) is 58.6 Å². The zero-order chi connectivity index (χ0) is 25.4. The smallest absolute Gasteiger partial charge is 0.410 e. The third-order valence-corrected chi connectivity index (χ3v) is 7.79. The van der Waals surface area contributed by atoms with Crippen LogP contribution in [0.1, 0.15) is 44.9 Å². The SMILES string of the molecule is Cc1cn2nc(-c3cc(=O)n4cc(N5CCN(C(=O)OC(C)(C)C)C6(CC6)C5)sc4n3)cc(C)c2n1. The summed E-state index contributed by atoms with van der Waals surface area (Å²) in [4.78, 5) is 39.9. The fraction of sp³-hybridized carbons (Fsp3) is 0.480. The summed E-state index contributed by atoms with van der Waals surface area (Å²) in [5.74, 6) is 0. The van der Waals surface area contributed by atoms with Crippen LogP contribution in [0.4, 0.5) is 9.80 Å². The van der Waals surface area contributed by atoms with E-state index in [2.05, 4.69) is 15.0 Å². The quantitative estimate of drug-likeness (QED) is 0.408. The molecule has 2 aliphatic rings. The van der Waals surface area contributed by atoms with Gasteiger partial charge in [0.15, 0.2) is 10.6 Å². The highest BCUT2D eigenvalue weighted by atomic mass is 32.1. The number of thiazole rings is 1. The highest BCUT2D eigenvalue weighted by Crippen LogP contribution is 2.46. The van der Waals surface area contributed by atoms with Crippen molar-refractivity contribution >= 4 is 33.0 Å². The maximum Gasteiger partial charge on any atom is 0.410 e. The van der Waals surface area contributed by atoms with Crippen LogP contribution in [0.15, 0.2) is 29.3 Å². The molecule has 0 unspecified atom stereocenters. The van der Waals surface area contributed by atoms with Crippen molar-refractivity contribution in [1.82, 2.24) is 28.9 Å². The van der Waals surface area contributed by atoms with Gasteiger partial charge in [0.2, 0.25) is 0 Å². The first kappa shape index (κ1) is 23.0. The van der Waals surface area contributed by atoms with Gasteiger partial charge in [0, 0.05) is 31.9 Å². The number of amides is 1. The van der Waals surface area contributed by atoms with E-state index in [-0.39, 0.29) is 17.2 Å². The molecule has 1 aliphatic carbocycles. The van der Waals surface area contributed by atoms with Gasteiger partial charge < -0.3 is 9.64 Å². The number of aryl methyl sites for hydroxylation is 2. The molecule has 1 saturated heterocycles. The van der Waals surface area contributed by atoms with Gasteiger partial charge in [0.1, 0.15) is 16.3 Å². The first-order chi connectivity index (χ1) is 17.0. The number of hydrogen-bond acceptors (Lipinski definition) is 8. The molecular formula is C25H29N7O3S. The highest BCUT2D eigenvalue weighted by Gasteiger charge is 2.54.